The van der Waals surface area contributed by atoms with Gasteiger partial charge in [-0.25, -0.2) is 8.98 Å². The smallest absolute Gasteiger partial charge is 0.431 e. The molecule has 308 valence electrons. The molecule has 1 N–H and O–H groups in total. The third kappa shape index (κ3) is 15.0. The van der Waals surface area contributed by atoms with Crippen LogP contribution < -0.4 is 4.18 Å². The highest BCUT2D eigenvalue weighted by Crippen LogP contribution is 2.51. The molecule has 1 aromatic carbocycles. The Kier molecular flexibility index (Phi) is 19.8. The fourth-order valence-electron chi connectivity index (χ4n) is 4.91. The lowest BCUT2D eigenvalue weighted by atomic mass is 10.0. The molecule has 0 aliphatic heterocycles. The van der Waals surface area contributed by atoms with Crippen LogP contribution in [0.4, 0.5) is 26.3 Å². The van der Waals surface area contributed by atoms with E-state index in [1.165, 1.54) is 71.1 Å². The van der Waals surface area contributed by atoms with Crippen molar-refractivity contribution < 1.29 is 74.0 Å². The SMILES string of the molecule is C=C(C)C(=O)OC(CCCCCCCCCCCCCCCCCCC)OS(=O)(=O)c1ccc(OS(=O)(=O)C(F)(F)C(F)(F)C(F)(F)S(=O)(=O)O)cc1. The zero-order chi connectivity index (χ0) is 40.6. The van der Waals surface area contributed by atoms with E-state index in [2.05, 4.69) is 17.7 Å². The lowest BCUT2D eigenvalue weighted by molar-refractivity contribution is -0.247. The normalized spacial score (nSPS) is 13.8. The molecule has 11 nitrogen and oxygen atoms in total. The van der Waals surface area contributed by atoms with Crippen molar-refractivity contribution in [3.8, 4) is 5.75 Å². The number of hydrogen-bond donors (Lipinski definition) is 1. The Balaban J connectivity index is 2.70. The minimum Gasteiger partial charge on any atom is -0.431 e. The molecule has 0 saturated carbocycles. The predicted molar refractivity (Wildman–Crippen MR) is 184 cm³/mol. The molecule has 0 spiro atoms. The summed E-state index contributed by atoms with van der Waals surface area (Å²) in [5, 5.41) is -13.9. The highest BCUT2D eigenvalue weighted by Gasteiger charge is 2.83. The lowest BCUT2D eigenvalue weighted by Gasteiger charge is -2.29. The van der Waals surface area contributed by atoms with Crippen LogP contribution in [0.15, 0.2) is 41.3 Å². The van der Waals surface area contributed by atoms with Crippen LogP contribution >= 0.6 is 0 Å². The molecule has 1 atom stereocenters. The highest BCUT2D eigenvalue weighted by molar-refractivity contribution is 7.89. The van der Waals surface area contributed by atoms with Crippen molar-refractivity contribution in [2.75, 3.05) is 0 Å². The van der Waals surface area contributed by atoms with E-state index in [0.29, 0.717) is 37.1 Å². The van der Waals surface area contributed by atoms with Gasteiger partial charge in [-0.15, -0.1) is 0 Å². The zero-order valence-electron chi connectivity index (χ0n) is 29.8. The van der Waals surface area contributed by atoms with Crippen molar-refractivity contribution in [2.24, 2.45) is 0 Å². The van der Waals surface area contributed by atoms with E-state index < -0.39 is 69.7 Å². The second-order valence-electron chi connectivity index (χ2n) is 12.7. The summed E-state index contributed by atoms with van der Waals surface area (Å²) >= 11 is 0. The summed E-state index contributed by atoms with van der Waals surface area (Å²) in [5.74, 6) is -9.49. The summed E-state index contributed by atoms with van der Waals surface area (Å²) in [6.07, 6.45) is 17.2. The number of ether oxygens (including phenoxy) is 1. The average molecular weight is 833 g/mol. The van der Waals surface area contributed by atoms with E-state index in [1.807, 2.05) is 0 Å². The van der Waals surface area contributed by atoms with Gasteiger partial charge in [0.15, 0.2) is 0 Å². The van der Waals surface area contributed by atoms with Gasteiger partial charge in [0.25, 0.3) is 10.1 Å². The Hall–Kier alpha value is -2.42. The van der Waals surface area contributed by atoms with Gasteiger partial charge in [0.05, 0.1) is 4.90 Å². The molecule has 0 aliphatic carbocycles. The summed E-state index contributed by atoms with van der Waals surface area (Å²) in [4.78, 5) is 11.3. The van der Waals surface area contributed by atoms with E-state index in [4.69, 9.17) is 13.5 Å². The van der Waals surface area contributed by atoms with E-state index in [9.17, 15) is 56.4 Å². The Morgan fingerprint density at radius 2 is 1.09 bits per heavy atom. The van der Waals surface area contributed by atoms with E-state index in [-0.39, 0.29) is 12.0 Å². The zero-order valence-corrected chi connectivity index (χ0v) is 32.3. The number of rotatable bonds is 29. The van der Waals surface area contributed by atoms with Crippen molar-refractivity contribution in [3.05, 3.63) is 36.4 Å². The summed E-state index contributed by atoms with van der Waals surface area (Å²) < 4.78 is 175. The van der Waals surface area contributed by atoms with Crippen LogP contribution in [0.25, 0.3) is 0 Å². The van der Waals surface area contributed by atoms with Gasteiger partial charge in [-0.1, -0.05) is 116 Å². The number of unbranched alkanes of at least 4 members (excludes halogenated alkanes) is 16. The van der Waals surface area contributed by atoms with E-state index >= 15 is 0 Å². The fraction of sp³-hybridized carbons (Fsp3) is 0.727. The fourth-order valence-corrected chi connectivity index (χ4v) is 7.34. The molecule has 1 aromatic rings. The predicted octanol–water partition coefficient (Wildman–Crippen LogP) is 9.30. The largest absolute Gasteiger partial charge is 0.450 e. The van der Waals surface area contributed by atoms with Gasteiger partial charge < -0.3 is 8.92 Å². The summed E-state index contributed by atoms with van der Waals surface area (Å²) in [7, 11) is -19.2. The molecule has 0 radical (unpaired) electrons. The van der Waals surface area contributed by atoms with Gasteiger partial charge in [0, 0.05) is 12.0 Å². The minimum atomic E-state index is -7.24. The Morgan fingerprint density at radius 1 is 0.698 bits per heavy atom. The molecule has 1 unspecified atom stereocenters. The number of esters is 1. The maximum Gasteiger partial charge on any atom is 0.450 e. The molecular weight excluding hydrogens is 783 g/mol. The summed E-state index contributed by atoms with van der Waals surface area (Å²) in [5.41, 5.74) is -0.0714. The van der Waals surface area contributed by atoms with Crippen LogP contribution in [0.5, 0.6) is 5.75 Å². The van der Waals surface area contributed by atoms with Crippen LogP contribution in [0.3, 0.4) is 0 Å². The van der Waals surface area contributed by atoms with Gasteiger partial charge in [0.1, 0.15) is 5.75 Å². The van der Waals surface area contributed by atoms with Gasteiger partial charge in [0.2, 0.25) is 6.29 Å². The lowest BCUT2D eigenvalue weighted by Crippen LogP contribution is -2.61. The van der Waals surface area contributed by atoms with E-state index in [1.54, 1.807) is 0 Å². The average Bonchev–Trinajstić information content (AvgIpc) is 3.05. The standard InChI is InChI=1S/C33H50F6O11S3/c1-4-5-6-7-8-9-10-11-12-13-14-15-16-17-18-19-20-21-29(48-30(40)26(2)3)50-51(41,42)28-24-22-27(23-25-28)49-53(46,47)33(38,39)31(34,35)32(36,37)52(43,44)45/h22-25,29H,2,4-21H2,1,3H3,(H,43,44,45). The van der Waals surface area contributed by atoms with Gasteiger partial charge >= 0.3 is 42.6 Å². The van der Waals surface area contributed by atoms with Crippen molar-refractivity contribution in [3.63, 3.8) is 0 Å². The topological polar surface area (TPSA) is 167 Å². The van der Waals surface area contributed by atoms with Gasteiger partial charge in [-0.2, -0.15) is 51.6 Å². The number of benzene rings is 1. The van der Waals surface area contributed by atoms with Crippen LogP contribution in [0.1, 0.15) is 129 Å². The molecule has 0 amide bonds. The summed E-state index contributed by atoms with van der Waals surface area (Å²) in [6, 6.07) is 1.73. The van der Waals surface area contributed by atoms with Crippen molar-refractivity contribution in [2.45, 2.75) is 157 Å². The van der Waals surface area contributed by atoms with Crippen LogP contribution in [0, 0.1) is 0 Å². The molecule has 0 aromatic heterocycles. The maximum absolute atomic E-state index is 14.1. The Bertz CT molecular complexity index is 1620. The van der Waals surface area contributed by atoms with Crippen LogP contribution in [0.2, 0.25) is 0 Å². The Morgan fingerprint density at radius 3 is 1.47 bits per heavy atom. The number of carbonyl (C=O) groups is 1. The number of halogens is 6. The number of carbonyl (C=O) groups excluding carboxylic acids is 1. The molecule has 1 rings (SSSR count). The molecule has 0 bridgehead atoms. The van der Waals surface area contributed by atoms with Crippen molar-refractivity contribution >= 4 is 36.3 Å². The second kappa shape index (κ2) is 21.6. The van der Waals surface area contributed by atoms with Crippen LogP contribution in [-0.2, 0) is 44.1 Å². The molecular formula is C33H50F6O11S3. The van der Waals surface area contributed by atoms with Gasteiger partial charge in [-0.3, -0.25) is 4.55 Å². The molecule has 53 heavy (non-hydrogen) atoms. The number of alkyl halides is 6. The van der Waals surface area contributed by atoms with Crippen molar-refractivity contribution in [1.82, 2.24) is 0 Å². The first-order valence-corrected chi connectivity index (χ1v) is 21.6. The molecule has 0 saturated heterocycles. The van der Waals surface area contributed by atoms with Crippen LogP contribution in [-0.4, -0.2) is 58.5 Å². The first-order valence-electron chi connectivity index (χ1n) is 17.4. The van der Waals surface area contributed by atoms with Crippen molar-refractivity contribution in [1.29, 1.82) is 0 Å². The van der Waals surface area contributed by atoms with E-state index in [0.717, 1.165) is 32.1 Å². The third-order valence-electron chi connectivity index (χ3n) is 8.05. The summed E-state index contributed by atoms with van der Waals surface area (Å²) in [6.45, 7) is 6.93. The van der Waals surface area contributed by atoms with Gasteiger partial charge in [-0.05, 0) is 37.6 Å². The monoisotopic (exact) mass is 832 g/mol. The number of hydrogen-bond acceptors (Lipinski definition) is 10. The Labute approximate surface area is 308 Å². The quantitative estimate of drug-likeness (QED) is 0.0155. The maximum atomic E-state index is 14.1. The molecule has 0 heterocycles. The molecule has 0 aliphatic rings. The highest BCUT2D eigenvalue weighted by atomic mass is 32.2. The first-order chi connectivity index (χ1) is 24.4. The molecule has 20 heteroatoms. The first kappa shape index (κ1) is 48.6. The second-order valence-corrected chi connectivity index (χ2v) is 17.3. The third-order valence-corrected chi connectivity index (χ3v) is 11.6. The minimum absolute atomic E-state index is 0.0617. The molecule has 0 fully saturated rings.